The van der Waals surface area contributed by atoms with Crippen LogP contribution in [0.15, 0.2) is 0 Å². The lowest BCUT2D eigenvalue weighted by Gasteiger charge is -2.08. The Balaban J connectivity index is 4.10. The van der Waals surface area contributed by atoms with E-state index in [9.17, 15) is 0 Å². The Morgan fingerprint density at radius 2 is 1.57 bits per heavy atom. The largest absolute Gasteiger partial charge is 0.314 e. The first-order valence-electron chi connectivity index (χ1n) is 1.59. The van der Waals surface area contributed by atoms with Crippen molar-refractivity contribution in [1.29, 1.82) is 0 Å². The molecule has 0 saturated carbocycles. The van der Waals surface area contributed by atoms with Crippen molar-refractivity contribution in [3.63, 3.8) is 0 Å². The molecule has 0 aliphatic rings. The van der Waals surface area contributed by atoms with E-state index < -0.39 is 7.61 Å². The van der Waals surface area contributed by atoms with Gasteiger partial charge in [-0.1, -0.05) is 0 Å². The molecule has 0 heterocycles. The minimum Gasteiger partial charge on any atom is -0.314 e. The van der Waals surface area contributed by atoms with Crippen LogP contribution in [0.4, 0.5) is 0 Å². The molecule has 0 spiro atoms. The van der Waals surface area contributed by atoms with E-state index in [1.165, 1.54) is 4.31 Å². The highest BCUT2D eigenvalue weighted by Gasteiger charge is 1.93. The summed E-state index contributed by atoms with van der Waals surface area (Å²) in [6.45, 7) is 0. The molecule has 1 N–H and O–H groups in total. The maximum atomic E-state index is 8.73. The molecule has 0 rings (SSSR count). The van der Waals surface area contributed by atoms with E-state index in [0.717, 1.165) is 0 Å². The molecule has 0 aromatic carbocycles. The molecule has 0 saturated heterocycles. The van der Waals surface area contributed by atoms with Crippen LogP contribution in [0.1, 0.15) is 0 Å². The highest BCUT2D eigenvalue weighted by molar-refractivity contribution is 8.52. The van der Waals surface area contributed by atoms with Crippen molar-refractivity contribution in [2.75, 3.05) is 14.1 Å². The van der Waals surface area contributed by atoms with Gasteiger partial charge in [-0.3, -0.25) is 0 Å². The van der Waals surface area contributed by atoms with E-state index in [0.29, 0.717) is 0 Å². The van der Waals surface area contributed by atoms with Gasteiger partial charge < -0.3 is 4.55 Å². The number of hydrogen-bond acceptors (Lipinski definition) is 2. The van der Waals surface area contributed by atoms with Crippen LogP contribution in [0.3, 0.4) is 0 Å². The van der Waals surface area contributed by atoms with Gasteiger partial charge in [0.05, 0.1) is 7.61 Å². The Bertz CT molecular complexity index is 135. The van der Waals surface area contributed by atoms with Gasteiger partial charge >= 0.3 is 0 Å². The fraction of sp³-hybridized carbons (Fsp3) is 1.00. The maximum absolute atomic E-state index is 8.73. The quantitative estimate of drug-likeness (QED) is 0.579. The summed E-state index contributed by atoms with van der Waals surface area (Å²) in [4.78, 5) is 0. The van der Waals surface area contributed by atoms with Crippen LogP contribution in [0.2, 0.25) is 0 Å². The summed E-state index contributed by atoms with van der Waals surface area (Å²) in [6.07, 6.45) is 0. The van der Waals surface area contributed by atoms with Crippen molar-refractivity contribution >= 4 is 30.0 Å². The van der Waals surface area contributed by atoms with Crippen molar-refractivity contribution in [2.24, 2.45) is 0 Å². The molecule has 5 heteroatoms. The zero-order valence-electron chi connectivity index (χ0n) is 4.12. The van der Waals surface area contributed by atoms with Gasteiger partial charge in [0.15, 0.2) is 0 Å². The van der Waals surface area contributed by atoms with Gasteiger partial charge in [-0.25, -0.2) is 4.31 Å². The molecule has 44 valence electrons. The van der Waals surface area contributed by atoms with Gasteiger partial charge in [0, 0.05) is 0 Å². The molecule has 7 heavy (non-hydrogen) atoms. The predicted octanol–water partition coefficient (Wildman–Crippen LogP) is 0.0138. The second-order valence-electron chi connectivity index (χ2n) is 1.26. The first-order valence-corrected chi connectivity index (χ1v) is 4.99. The van der Waals surface area contributed by atoms with Gasteiger partial charge in [0.25, 0.3) is 0 Å². The Morgan fingerprint density at radius 3 is 1.57 bits per heavy atom. The van der Waals surface area contributed by atoms with Gasteiger partial charge in [-0.05, 0) is 36.5 Å². The van der Waals surface area contributed by atoms with Crippen molar-refractivity contribution in [2.45, 2.75) is 0 Å². The van der Waals surface area contributed by atoms with E-state index in [1.807, 2.05) is 0 Å². The summed E-state index contributed by atoms with van der Waals surface area (Å²) in [6, 6.07) is 0. The van der Waals surface area contributed by atoms with Crippen LogP contribution in [0.5, 0.6) is 0 Å². The smallest absolute Gasteiger partial charge is 0.0793 e. The minimum atomic E-state index is -2.24. The van der Waals surface area contributed by atoms with E-state index in [4.69, 9.17) is 4.55 Å². The zero-order valence-corrected chi connectivity index (χ0v) is 6.57. The SMILES string of the molecule is CN(C)S(O)(=S)=S. The van der Waals surface area contributed by atoms with Crippen molar-refractivity contribution in [3.05, 3.63) is 0 Å². The van der Waals surface area contributed by atoms with Crippen molar-refractivity contribution in [3.8, 4) is 0 Å². The normalized spacial score (nSPS) is 12.6. The van der Waals surface area contributed by atoms with Crippen molar-refractivity contribution < 1.29 is 4.55 Å². The monoisotopic (exact) mass is 157 g/mol. The van der Waals surface area contributed by atoms with Crippen LogP contribution in [0, 0.1) is 0 Å². The Morgan fingerprint density at radius 1 is 1.43 bits per heavy atom. The van der Waals surface area contributed by atoms with E-state index in [2.05, 4.69) is 22.4 Å². The molecule has 0 aliphatic heterocycles. The summed E-state index contributed by atoms with van der Waals surface area (Å²) in [5, 5.41) is 0. The fourth-order valence-electron chi connectivity index (χ4n) is 0. The minimum absolute atomic E-state index is 1.46. The Hall–Kier alpha value is 0.710. The first kappa shape index (κ1) is 7.71. The standard InChI is InChI=1S/C2H7NOS3/c1-3(2)7(4,5)6/h1-2H3,(H,4,5,6). The highest BCUT2D eigenvalue weighted by atomic mass is 33.1. The van der Waals surface area contributed by atoms with Crippen LogP contribution < -0.4 is 0 Å². The van der Waals surface area contributed by atoms with Crippen LogP contribution in [-0.4, -0.2) is 23.0 Å². The summed E-state index contributed by atoms with van der Waals surface area (Å²) in [5.74, 6) is 0. The van der Waals surface area contributed by atoms with Crippen LogP contribution in [0.25, 0.3) is 0 Å². The van der Waals surface area contributed by atoms with E-state index in [1.54, 1.807) is 14.1 Å². The summed E-state index contributed by atoms with van der Waals surface area (Å²) >= 11 is 8.98. The third-order valence-corrected chi connectivity index (χ3v) is 3.17. The van der Waals surface area contributed by atoms with E-state index in [-0.39, 0.29) is 0 Å². The number of nitrogens with zero attached hydrogens (tertiary/aromatic N) is 1. The number of rotatable bonds is 1. The molecule has 0 aromatic heterocycles. The average Bonchev–Trinajstić information content (AvgIpc) is 1.31. The van der Waals surface area contributed by atoms with Gasteiger partial charge in [0.1, 0.15) is 0 Å². The number of hydrogen-bond donors (Lipinski definition) is 1. The molecule has 0 bridgehead atoms. The predicted molar refractivity (Wildman–Crippen MR) is 38.4 cm³/mol. The maximum Gasteiger partial charge on any atom is 0.0793 e. The lowest BCUT2D eigenvalue weighted by molar-refractivity contribution is 0.566. The first-order chi connectivity index (χ1) is 2.94. The lowest BCUT2D eigenvalue weighted by Crippen LogP contribution is -2.18. The van der Waals surface area contributed by atoms with Gasteiger partial charge in [0.2, 0.25) is 0 Å². The lowest BCUT2D eigenvalue weighted by atomic mass is 11.3. The van der Waals surface area contributed by atoms with Crippen molar-refractivity contribution in [1.82, 2.24) is 4.31 Å². The summed E-state index contributed by atoms with van der Waals surface area (Å²) < 4.78 is 10.2. The molecule has 2 nitrogen and oxygen atoms in total. The molecular formula is C2H7NOS3. The summed E-state index contributed by atoms with van der Waals surface area (Å²) in [7, 11) is 1.08. The molecule has 0 fully saturated rings. The zero-order chi connectivity index (χ0) is 6.08. The molecular weight excluding hydrogens is 150 g/mol. The second-order valence-corrected chi connectivity index (χ2v) is 6.31. The van der Waals surface area contributed by atoms with Crippen LogP contribution in [-0.2, 0) is 30.0 Å². The topological polar surface area (TPSA) is 23.5 Å². The van der Waals surface area contributed by atoms with E-state index >= 15 is 0 Å². The Kier molecular flexibility index (Phi) is 2.56. The molecule has 0 unspecified atom stereocenters. The molecule has 0 aromatic rings. The molecule has 0 aliphatic carbocycles. The average molecular weight is 157 g/mol. The Labute approximate surface area is 53.3 Å². The third kappa shape index (κ3) is 3.31. The van der Waals surface area contributed by atoms with Gasteiger partial charge in [-0.2, -0.15) is 0 Å². The third-order valence-electron chi connectivity index (χ3n) is 0.461. The van der Waals surface area contributed by atoms with Crippen LogP contribution >= 0.6 is 0 Å². The summed E-state index contributed by atoms with van der Waals surface area (Å²) in [5.41, 5.74) is 0. The molecule has 0 radical (unpaired) electrons. The fourth-order valence-corrected chi connectivity index (χ4v) is 0. The molecule has 0 atom stereocenters. The van der Waals surface area contributed by atoms with Gasteiger partial charge in [-0.15, -0.1) is 0 Å². The second kappa shape index (κ2) is 2.32. The molecule has 0 amide bonds. The highest BCUT2D eigenvalue weighted by Crippen LogP contribution is 1.85.